The van der Waals surface area contributed by atoms with Crippen molar-refractivity contribution < 1.29 is 4.39 Å². The quantitative estimate of drug-likeness (QED) is 0.901. The van der Waals surface area contributed by atoms with Gasteiger partial charge < -0.3 is 0 Å². The number of nitrogens with one attached hydrogen (secondary N) is 1. The average molecular weight is 269 g/mol. The van der Waals surface area contributed by atoms with E-state index in [4.69, 9.17) is 11.6 Å². The van der Waals surface area contributed by atoms with Crippen molar-refractivity contribution in [1.82, 2.24) is 9.55 Å². The lowest BCUT2D eigenvalue weighted by Gasteiger charge is -2.08. The van der Waals surface area contributed by atoms with E-state index in [0.29, 0.717) is 5.56 Å². The molecule has 1 heterocycles. The molecule has 0 aliphatic rings. The minimum Gasteiger partial charge on any atom is -0.296 e. The second-order valence-electron chi connectivity index (χ2n) is 3.90. The molecule has 0 saturated carbocycles. The molecule has 1 N–H and O–H groups in total. The van der Waals surface area contributed by atoms with Gasteiger partial charge in [-0.15, -0.1) is 0 Å². The number of nitrogens with zero attached hydrogens (tertiary/aromatic N) is 1. The number of H-pyrrole nitrogens is 1. The maximum atomic E-state index is 13.6. The fourth-order valence-corrected chi connectivity index (χ4v) is 1.81. The second kappa shape index (κ2) is 4.78. The maximum Gasteiger partial charge on any atom is 0.328 e. The van der Waals surface area contributed by atoms with Gasteiger partial charge in [-0.3, -0.25) is 14.3 Å². The minimum atomic E-state index is -0.593. The van der Waals surface area contributed by atoms with E-state index in [9.17, 15) is 14.0 Å². The first-order chi connectivity index (χ1) is 8.49. The van der Waals surface area contributed by atoms with E-state index in [1.54, 1.807) is 13.0 Å². The van der Waals surface area contributed by atoms with Crippen LogP contribution in [-0.2, 0) is 6.54 Å². The third-order valence-corrected chi connectivity index (χ3v) is 2.93. The van der Waals surface area contributed by atoms with Gasteiger partial charge in [0.2, 0.25) is 0 Å². The minimum absolute atomic E-state index is 0.0258. The summed E-state index contributed by atoms with van der Waals surface area (Å²) >= 11 is 5.88. The molecule has 6 heteroatoms. The Kier molecular flexibility index (Phi) is 3.34. The molecule has 18 heavy (non-hydrogen) atoms. The van der Waals surface area contributed by atoms with Crippen LogP contribution >= 0.6 is 11.6 Å². The Morgan fingerprint density at radius 1 is 1.39 bits per heavy atom. The van der Waals surface area contributed by atoms with E-state index >= 15 is 0 Å². The zero-order valence-electron chi connectivity index (χ0n) is 9.54. The Morgan fingerprint density at radius 2 is 2.11 bits per heavy atom. The Hall–Kier alpha value is -1.88. The molecule has 2 aromatic rings. The van der Waals surface area contributed by atoms with Crippen LogP contribution in [0.1, 0.15) is 11.1 Å². The SMILES string of the molecule is Cc1cn(Cc2c(F)cccc2Cl)c(=O)[nH]c1=O. The average Bonchev–Trinajstić information content (AvgIpc) is 2.30. The summed E-state index contributed by atoms with van der Waals surface area (Å²) in [4.78, 5) is 24.9. The third kappa shape index (κ3) is 2.36. The molecule has 0 aliphatic carbocycles. The highest BCUT2D eigenvalue weighted by molar-refractivity contribution is 6.31. The third-order valence-electron chi connectivity index (χ3n) is 2.58. The van der Waals surface area contributed by atoms with Crippen LogP contribution in [-0.4, -0.2) is 9.55 Å². The van der Waals surface area contributed by atoms with E-state index in [1.807, 2.05) is 0 Å². The first-order valence-corrected chi connectivity index (χ1v) is 5.60. The van der Waals surface area contributed by atoms with Crippen molar-refractivity contribution in [3.63, 3.8) is 0 Å². The van der Waals surface area contributed by atoms with Crippen molar-refractivity contribution in [2.24, 2.45) is 0 Å². The van der Waals surface area contributed by atoms with Crippen molar-refractivity contribution >= 4 is 11.6 Å². The smallest absolute Gasteiger partial charge is 0.296 e. The van der Waals surface area contributed by atoms with Gasteiger partial charge in [0.1, 0.15) is 5.82 Å². The maximum absolute atomic E-state index is 13.6. The van der Waals surface area contributed by atoms with Gasteiger partial charge in [-0.25, -0.2) is 9.18 Å². The van der Waals surface area contributed by atoms with E-state index in [0.717, 1.165) is 0 Å². The molecular formula is C12H10ClFN2O2. The van der Waals surface area contributed by atoms with Crippen LogP contribution in [0.5, 0.6) is 0 Å². The fourth-order valence-electron chi connectivity index (χ4n) is 1.59. The number of aromatic nitrogens is 2. The van der Waals surface area contributed by atoms with E-state index in [2.05, 4.69) is 4.98 Å². The summed E-state index contributed by atoms with van der Waals surface area (Å²) < 4.78 is 14.8. The molecule has 2 rings (SSSR count). The fraction of sp³-hybridized carbons (Fsp3) is 0.167. The molecule has 0 saturated heterocycles. The normalized spacial score (nSPS) is 10.6. The molecule has 0 amide bonds. The zero-order valence-corrected chi connectivity index (χ0v) is 10.3. The van der Waals surface area contributed by atoms with E-state index in [-0.39, 0.29) is 17.1 Å². The first kappa shape index (κ1) is 12.6. The van der Waals surface area contributed by atoms with Crippen molar-refractivity contribution in [3.05, 3.63) is 67.2 Å². The number of aromatic amines is 1. The number of halogens is 2. The summed E-state index contributed by atoms with van der Waals surface area (Å²) in [7, 11) is 0. The van der Waals surface area contributed by atoms with Crippen LogP contribution < -0.4 is 11.2 Å². The summed E-state index contributed by atoms with van der Waals surface area (Å²) in [6.45, 7) is 1.54. The zero-order chi connectivity index (χ0) is 13.3. The van der Waals surface area contributed by atoms with E-state index in [1.165, 1.54) is 22.9 Å². The Balaban J connectivity index is 2.50. The molecule has 0 radical (unpaired) electrons. The van der Waals surface area contributed by atoms with Gasteiger partial charge in [-0.05, 0) is 19.1 Å². The lowest BCUT2D eigenvalue weighted by atomic mass is 10.2. The van der Waals surface area contributed by atoms with E-state index < -0.39 is 17.1 Å². The second-order valence-corrected chi connectivity index (χ2v) is 4.31. The highest BCUT2D eigenvalue weighted by Crippen LogP contribution is 2.19. The summed E-state index contributed by atoms with van der Waals surface area (Å²) in [6.07, 6.45) is 1.38. The standard InChI is InChI=1S/C12H10ClFN2O2/c1-7-5-16(12(18)15-11(7)17)6-8-9(13)3-2-4-10(8)14/h2-5H,6H2,1H3,(H,15,17,18). The molecule has 0 spiro atoms. The van der Waals surface area contributed by atoms with Crippen LogP contribution in [0.4, 0.5) is 4.39 Å². The van der Waals surface area contributed by atoms with Gasteiger partial charge >= 0.3 is 5.69 Å². The molecule has 1 aromatic carbocycles. The number of hydrogen-bond donors (Lipinski definition) is 1. The number of rotatable bonds is 2. The van der Waals surface area contributed by atoms with Gasteiger partial charge in [0, 0.05) is 22.3 Å². The predicted octanol–water partition coefficient (Wildman–Crippen LogP) is 1.69. The molecule has 1 aromatic heterocycles. The molecule has 0 aliphatic heterocycles. The highest BCUT2D eigenvalue weighted by Gasteiger charge is 2.09. The van der Waals surface area contributed by atoms with Crippen LogP contribution in [0.15, 0.2) is 34.0 Å². The molecular weight excluding hydrogens is 259 g/mol. The Morgan fingerprint density at radius 3 is 2.78 bits per heavy atom. The molecule has 0 unspecified atom stereocenters. The summed E-state index contributed by atoms with van der Waals surface area (Å²) in [5.41, 5.74) is -0.449. The lowest BCUT2D eigenvalue weighted by Crippen LogP contribution is -2.31. The van der Waals surface area contributed by atoms with Crippen molar-refractivity contribution in [2.45, 2.75) is 13.5 Å². The highest BCUT2D eigenvalue weighted by atomic mass is 35.5. The van der Waals surface area contributed by atoms with Gasteiger partial charge in [0.25, 0.3) is 5.56 Å². The van der Waals surface area contributed by atoms with Gasteiger partial charge in [-0.1, -0.05) is 17.7 Å². The summed E-state index contributed by atoms with van der Waals surface area (Å²) in [5.74, 6) is -0.488. The number of aryl methyl sites for hydroxylation is 1. The number of benzene rings is 1. The monoisotopic (exact) mass is 268 g/mol. The summed E-state index contributed by atoms with van der Waals surface area (Å²) in [5, 5.41) is 0.241. The van der Waals surface area contributed by atoms with Gasteiger partial charge in [0.15, 0.2) is 0 Å². The number of hydrogen-bond acceptors (Lipinski definition) is 2. The molecule has 4 nitrogen and oxygen atoms in total. The van der Waals surface area contributed by atoms with Crippen LogP contribution in [0, 0.1) is 12.7 Å². The van der Waals surface area contributed by atoms with Crippen LogP contribution in [0.3, 0.4) is 0 Å². The van der Waals surface area contributed by atoms with Crippen LogP contribution in [0.25, 0.3) is 0 Å². The topological polar surface area (TPSA) is 54.9 Å². The Bertz CT molecular complexity index is 686. The largest absolute Gasteiger partial charge is 0.328 e. The van der Waals surface area contributed by atoms with Crippen molar-refractivity contribution in [3.8, 4) is 0 Å². The molecule has 94 valence electrons. The summed E-state index contributed by atoms with van der Waals surface area (Å²) in [6, 6.07) is 4.30. The molecule has 0 bridgehead atoms. The lowest BCUT2D eigenvalue weighted by molar-refractivity contribution is 0.592. The van der Waals surface area contributed by atoms with Crippen molar-refractivity contribution in [1.29, 1.82) is 0 Å². The molecule has 0 atom stereocenters. The Labute approximate surface area is 107 Å². The van der Waals surface area contributed by atoms with Gasteiger partial charge in [0.05, 0.1) is 6.54 Å². The predicted molar refractivity (Wildman–Crippen MR) is 66.6 cm³/mol. The van der Waals surface area contributed by atoms with Crippen LogP contribution in [0.2, 0.25) is 5.02 Å². The van der Waals surface area contributed by atoms with Crippen molar-refractivity contribution in [2.75, 3.05) is 0 Å². The van der Waals surface area contributed by atoms with Gasteiger partial charge in [-0.2, -0.15) is 0 Å². The molecule has 0 fully saturated rings. The first-order valence-electron chi connectivity index (χ1n) is 5.22.